The zero-order chi connectivity index (χ0) is 19.1. The summed E-state index contributed by atoms with van der Waals surface area (Å²) in [5, 5.41) is 2.74. The maximum atomic E-state index is 12.7. The maximum Gasteiger partial charge on any atom is 0.251 e. The molecule has 1 fully saturated rings. The van der Waals surface area contributed by atoms with Crippen molar-refractivity contribution in [1.82, 2.24) is 10.2 Å². The van der Waals surface area contributed by atoms with Crippen LogP contribution in [0.25, 0.3) is 0 Å². The van der Waals surface area contributed by atoms with Crippen LogP contribution in [0, 0.1) is 0 Å². The highest BCUT2D eigenvalue weighted by Gasteiger charge is 2.23. The quantitative estimate of drug-likeness (QED) is 0.884. The average Bonchev–Trinajstić information content (AvgIpc) is 2.99. The first kappa shape index (κ1) is 19.0. The lowest BCUT2D eigenvalue weighted by atomic mass is 9.94. The molecule has 3 rings (SSSR count). The number of hydrogen-bond acceptors (Lipinski definition) is 3. The van der Waals surface area contributed by atoms with E-state index in [0.29, 0.717) is 18.0 Å². The van der Waals surface area contributed by atoms with E-state index in [9.17, 15) is 9.59 Å². The fraction of sp³-hybridized carbons (Fsp3) is 0.364. The van der Waals surface area contributed by atoms with E-state index in [1.807, 2.05) is 35.2 Å². The minimum Gasteiger partial charge on any atom is -0.497 e. The van der Waals surface area contributed by atoms with Crippen molar-refractivity contribution in [2.75, 3.05) is 26.7 Å². The summed E-state index contributed by atoms with van der Waals surface area (Å²) >= 11 is 0. The second-order valence-corrected chi connectivity index (χ2v) is 6.85. The zero-order valence-electron chi connectivity index (χ0n) is 15.7. The standard InChI is InChI=1S/C22H26N2O3/c1-27-20-12-10-17(11-13-20)19-9-5-6-14-24(16-19)21(25)15-23-22(26)18-7-3-2-4-8-18/h2-4,7-8,10-13,19H,5-6,9,14-16H2,1H3,(H,23,26). The first-order valence-electron chi connectivity index (χ1n) is 9.42. The Morgan fingerprint density at radius 2 is 1.81 bits per heavy atom. The molecule has 0 aromatic heterocycles. The van der Waals surface area contributed by atoms with Gasteiger partial charge in [-0.25, -0.2) is 0 Å². The molecule has 0 aliphatic carbocycles. The number of rotatable bonds is 5. The molecule has 0 radical (unpaired) electrons. The molecule has 5 nitrogen and oxygen atoms in total. The van der Waals surface area contributed by atoms with Crippen molar-refractivity contribution in [3.8, 4) is 5.75 Å². The predicted octanol–water partition coefficient (Wildman–Crippen LogP) is 3.22. The van der Waals surface area contributed by atoms with Crippen molar-refractivity contribution >= 4 is 11.8 Å². The van der Waals surface area contributed by atoms with Gasteiger partial charge >= 0.3 is 0 Å². The molecular weight excluding hydrogens is 340 g/mol. The van der Waals surface area contributed by atoms with E-state index in [0.717, 1.165) is 31.6 Å². The molecule has 2 aromatic carbocycles. The van der Waals surface area contributed by atoms with Gasteiger partial charge in [0.15, 0.2) is 0 Å². The van der Waals surface area contributed by atoms with Gasteiger partial charge in [-0.3, -0.25) is 9.59 Å². The third kappa shape index (κ3) is 5.09. The highest BCUT2D eigenvalue weighted by Crippen LogP contribution is 2.27. The van der Waals surface area contributed by atoms with Crippen LogP contribution in [0.3, 0.4) is 0 Å². The summed E-state index contributed by atoms with van der Waals surface area (Å²) in [5.41, 5.74) is 1.79. The topological polar surface area (TPSA) is 58.6 Å². The Morgan fingerprint density at radius 1 is 1.07 bits per heavy atom. The normalized spacial score (nSPS) is 17.1. The minimum absolute atomic E-state index is 0.0281. The average molecular weight is 366 g/mol. The first-order chi connectivity index (χ1) is 13.2. The molecule has 0 spiro atoms. The first-order valence-corrected chi connectivity index (χ1v) is 9.42. The number of carbonyl (C=O) groups is 2. The van der Waals surface area contributed by atoms with Crippen LogP contribution in [0.2, 0.25) is 0 Å². The summed E-state index contributed by atoms with van der Waals surface area (Å²) in [4.78, 5) is 26.7. The number of amides is 2. The zero-order valence-corrected chi connectivity index (χ0v) is 15.7. The van der Waals surface area contributed by atoms with Crippen LogP contribution in [0.1, 0.15) is 41.1 Å². The van der Waals surface area contributed by atoms with Crippen LogP contribution in [0.15, 0.2) is 54.6 Å². The molecule has 0 bridgehead atoms. The highest BCUT2D eigenvalue weighted by atomic mass is 16.5. The van der Waals surface area contributed by atoms with E-state index < -0.39 is 0 Å². The summed E-state index contributed by atoms with van der Waals surface area (Å²) in [6.07, 6.45) is 3.15. The number of hydrogen-bond donors (Lipinski definition) is 1. The molecule has 1 N–H and O–H groups in total. The monoisotopic (exact) mass is 366 g/mol. The Morgan fingerprint density at radius 3 is 2.52 bits per heavy atom. The van der Waals surface area contributed by atoms with Crippen molar-refractivity contribution in [2.45, 2.75) is 25.2 Å². The third-order valence-electron chi connectivity index (χ3n) is 5.05. The molecular formula is C22H26N2O3. The van der Waals surface area contributed by atoms with Crippen LogP contribution in [-0.2, 0) is 4.79 Å². The molecule has 142 valence electrons. The van der Waals surface area contributed by atoms with Crippen LogP contribution in [-0.4, -0.2) is 43.5 Å². The van der Waals surface area contributed by atoms with Crippen LogP contribution in [0.5, 0.6) is 5.75 Å². The second-order valence-electron chi connectivity index (χ2n) is 6.85. The summed E-state index contributed by atoms with van der Waals surface area (Å²) in [5.74, 6) is 0.904. The van der Waals surface area contributed by atoms with Crippen molar-refractivity contribution in [3.05, 3.63) is 65.7 Å². The molecule has 1 aliphatic rings. The van der Waals surface area contributed by atoms with Crippen LogP contribution < -0.4 is 10.1 Å². The fourth-order valence-electron chi connectivity index (χ4n) is 3.48. The molecule has 1 unspecified atom stereocenters. The predicted molar refractivity (Wildman–Crippen MR) is 105 cm³/mol. The molecule has 27 heavy (non-hydrogen) atoms. The number of nitrogens with zero attached hydrogens (tertiary/aromatic N) is 1. The lowest BCUT2D eigenvalue weighted by Crippen LogP contribution is -2.41. The van der Waals surface area contributed by atoms with E-state index in [-0.39, 0.29) is 18.4 Å². The minimum atomic E-state index is -0.217. The summed E-state index contributed by atoms with van der Waals surface area (Å²) in [6.45, 7) is 1.46. The van der Waals surface area contributed by atoms with Crippen molar-refractivity contribution < 1.29 is 14.3 Å². The molecule has 0 saturated carbocycles. The van der Waals surface area contributed by atoms with Gasteiger partial charge in [0.2, 0.25) is 5.91 Å². The van der Waals surface area contributed by atoms with Gasteiger partial charge in [-0.05, 0) is 42.7 Å². The molecule has 1 aliphatic heterocycles. The molecule has 2 aromatic rings. The Labute approximate surface area is 160 Å². The lowest BCUT2D eigenvalue weighted by Gasteiger charge is -2.25. The molecule has 1 saturated heterocycles. The molecule has 1 atom stereocenters. The summed E-state index contributed by atoms with van der Waals surface area (Å²) in [7, 11) is 1.66. The number of benzene rings is 2. The van der Waals surface area contributed by atoms with Crippen molar-refractivity contribution in [1.29, 1.82) is 0 Å². The largest absolute Gasteiger partial charge is 0.497 e. The highest BCUT2D eigenvalue weighted by molar-refractivity contribution is 5.96. The van der Waals surface area contributed by atoms with Gasteiger partial charge in [0.1, 0.15) is 5.75 Å². The Bertz CT molecular complexity index is 759. The fourth-order valence-corrected chi connectivity index (χ4v) is 3.48. The van der Waals surface area contributed by atoms with Gasteiger partial charge in [-0.1, -0.05) is 36.8 Å². The van der Waals surface area contributed by atoms with Gasteiger partial charge in [-0.15, -0.1) is 0 Å². The number of methoxy groups -OCH3 is 1. The van der Waals surface area contributed by atoms with E-state index >= 15 is 0 Å². The van der Waals surface area contributed by atoms with E-state index in [1.54, 1.807) is 19.2 Å². The van der Waals surface area contributed by atoms with E-state index in [2.05, 4.69) is 17.4 Å². The summed E-state index contributed by atoms with van der Waals surface area (Å²) in [6, 6.07) is 17.0. The van der Waals surface area contributed by atoms with Crippen molar-refractivity contribution in [2.24, 2.45) is 0 Å². The van der Waals surface area contributed by atoms with Crippen molar-refractivity contribution in [3.63, 3.8) is 0 Å². The second kappa shape index (κ2) is 9.21. The number of carbonyl (C=O) groups excluding carboxylic acids is 2. The number of nitrogens with one attached hydrogen (secondary N) is 1. The van der Waals surface area contributed by atoms with Gasteiger partial charge in [0, 0.05) is 24.6 Å². The third-order valence-corrected chi connectivity index (χ3v) is 5.05. The number of likely N-dealkylation sites (tertiary alicyclic amines) is 1. The molecule has 1 heterocycles. The van der Waals surface area contributed by atoms with E-state index in [1.165, 1.54) is 5.56 Å². The van der Waals surface area contributed by atoms with Crippen LogP contribution >= 0.6 is 0 Å². The van der Waals surface area contributed by atoms with Gasteiger partial charge in [0.25, 0.3) is 5.91 Å². The molecule has 2 amide bonds. The molecule has 5 heteroatoms. The lowest BCUT2D eigenvalue weighted by molar-refractivity contribution is -0.130. The van der Waals surface area contributed by atoms with Gasteiger partial charge in [0.05, 0.1) is 13.7 Å². The van der Waals surface area contributed by atoms with E-state index in [4.69, 9.17) is 4.74 Å². The maximum absolute atomic E-state index is 12.7. The Hall–Kier alpha value is -2.82. The Kier molecular flexibility index (Phi) is 6.47. The van der Waals surface area contributed by atoms with Gasteiger partial charge < -0.3 is 15.0 Å². The van der Waals surface area contributed by atoms with Gasteiger partial charge in [-0.2, -0.15) is 0 Å². The summed E-state index contributed by atoms with van der Waals surface area (Å²) < 4.78 is 5.23. The number of ether oxygens (including phenoxy) is 1. The smallest absolute Gasteiger partial charge is 0.251 e. The van der Waals surface area contributed by atoms with Crippen LogP contribution in [0.4, 0.5) is 0 Å². The SMILES string of the molecule is COc1ccc(C2CCCCN(C(=O)CNC(=O)c3ccccc3)C2)cc1. The Balaban J connectivity index is 1.59.